The van der Waals surface area contributed by atoms with Crippen LogP contribution in [0, 0.1) is 24.0 Å². The summed E-state index contributed by atoms with van der Waals surface area (Å²) in [4.78, 5) is 22.6. The number of non-ortho nitro benzene ring substituents is 1. The van der Waals surface area contributed by atoms with Crippen LogP contribution in [0.2, 0.25) is 0 Å². The van der Waals surface area contributed by atoms with Crippen molar-refractivity contribution in [2.24, 2.45) is 0 Å². The van der Waals surface area contributed by atoms with Crippen LogP contribution in [-0.2, 0) is 4.79 Å². The first-order chi connectivity index (χ1) is 12.4. The molecule has 0 bridgehead atoms. The van der Waals surface area contributed by atoms with Crippen molar-refractivity contribution < 1.29 is 19.2 Å². The van der Waals surface area contributed by atoms with Gasteiger partial charge in [0.05, 0.1) is 23.6 Å². The Morgan fingerprint density at radius 2 is 2.15 bits per heavy atom. The van der Waals surface area contributed by atoms with Crippen LogP contribution in [0.4, 0.5) is 5.69 Å². The molecule has 0 aromatic heterocycles. The molecule has 3 rings (SSSR count). The number of benzene rings is 2. The molecule has 136 valence electrons. The summed E-state index contributed by atoms with van der Waals surface area (Å²) in [6.45, 7) is 4.32. The van der Waals surface area contributed by atoms with Crippen LogP contribution in [0.3, 0.4) is 0 Å². The van der Waals surface area contributed by atoms with Crippen molar-refractivity contribution in [1.29, 1.82) is 0 Å². The average molecular weight is 356 g/mol. The van der Waals surface area contributed by atoms with E-state index in [-0.39, 0.29) is 30.0 Å². The maximum Gasteiger partial charge on any atom is 0.273 e. The minimum atomic E-state index is -0.503. The Bertz CT molecular complexity index is 850. The van der Waals surface area contributed by atoms with Gasteiger partial charge in [0, 0.05) is 18.1 Å². The van der Waals surface area contributed by atoms with Gasteiger partial charge in [-0.15, -0.1) is 0 Å². The fourth-order valence-corrected chi connectivity index (χ4v) is 3.10. The van der Waals surface area contributed by atoms with Gasteiger partial charge >= 0.3 is 0 Å². The molecule has 0 saturated carbocycles. The average Bonchev–Trinajstić information content (AvgIpc) is 2.61. The van der Waals surface area contributed by atoms with Gasteiger partial charge in [-0.1, -0.05) is 23.8 Å². The summed E-state index contributed by atoms with van der Waals surface area (Å²) in [5.41, 5.74) is 3.05. The highest BCUT2D eigenvalue weighted by atomic mass is 16.6. The molecule has 0 aliphatic carbocycles. The number of hydrogen-bond acceptors (Lipinski definition) is 5. The van der Waals surface area contributed by atoms with Crippen molar-refractivity contribution in [2.45, 2.75) is 26.3 Å². The van der Waals surface area contributed by atoms with Crippen molar-refractivity contribution >= 4 is 11.6 Å². The highest BCUT2D eigenvalue weighted by Gasteiger charge is 2.24. The van der Waals surface area contributed by atoms with E-state index in [1.807, 2.05) is 19.9 Å². The van der Waals surface area contributed by atoms with E-state index < -0.39 is 4.92 Å². The van der Waals surface area contributed by atoms with Crippen LogP contribution in [0.15, 0.2) is 36.4 Å². The first kappa shape index (κ1) is 17.7. The third-order valence-electron chi connectivity index (χ3n) is 4.21. The molecule has 0 radical (unpaired) electrons. The second kappa shape index (κ2) is 7.43. The standard InChI is InChI=1S/C19H20N2O5/c1-12-8-13(2)19-16(9-12)17(6-7-25-19)20-18(22)11-26-15-5-3-4-14(10-15)21(23)24/h3-5,8-10,17H,6-7,11H2,1-2H3,(H,20,22). The molecule has 1 atom stereocenters. The molecule has 0 spiro atoms. The zero-order valence-corrected chi connectivity index (χ0v) is 14.7. The van der Waals surface area contributed by atoms with Gasteiger partial charge in [-0.2, -0.15) is 0 Å². The van der Waals surface area contributed by atoms with E-state index in [2.05, 4.69) is 11.4 Å². The van der Waals surface area contributed by atoms with Crippen molar-refractivity contribution in [3.8, 4) is 11.5 Å². The normalized spacial score (nSPS) is 15.5. The first-order valence-corrected chi connectivity index (χ1v) is 8.34. The molecular formula is C19H20N2O5. The van der Waals surface area contributed by atoms with Crippen LogP contribution < -0.4 is 14.8 Å². The number of ether oxygens (including phenoxy) is 2. The van der Waals surface area contributed by atoms with Crippen molar-refractivity contribution in [3.63, 3.8) is 0 Å². The summed E-state index contributed by atoms with van der Waals surface area (Å²) < 4.78 is 11.1. The van der Waals surface area contributed by atoms with E-state index in [0.717, 1.165) is 22.4 Å². The van der Waals surface area contributed by atoms with Gasteiger partial charge in [-0.3, -0.25) is 14.9 Å². The number of rotatable bonds is 5. The number of nitro benzene ring substituents is 1. The van der Waals surface area contributed by atoms with Gasteiger partial charge in [0.15, 0.2) is 6.61 Å². The summed E-state index contributed by atoms with van der Waals surface area (Å²) in [5.74, 6) is 0.827. The number of fused-ring (bicyclic) bond motifs is 1. The molecule has 7 heteroatoms. The molecule has 7 nitrogen and oxygen atoms in total. The fraction of sp³-hybridized carbons (Fsp3) is 0.316. The van der Waals surface area contributed by atoms with E-state index >= 15 is 0 Å². The molecule has 26 heavy (non-hydrogen) atoms. The number of amides is 1. The van der Waals surface area contributed by atoms with Crippen molar-refractivity contribution in [3.05, 3.63) is 63.2 Å². The zero-order valence-electron chi connectivity index (χ0n) is 14.7. The summed E-state index contributed by atoms with van der Waals surface area (Å²) in [5, 5.41) is 13.7. The lowest BCUT2D eigenvalue weighted by Gasteiger charge is -2.28. The van der Waals surface area contributed by atoms with E-state index in [9.17, 15) is 14.9 Å². The molecule has 1 unspecified atom stereocenters. The molecular weight excluding hydrogens is 336 g/mol. The number of carbonyl (C=O) groups is 1. The monoisotopic (exact) mass is 356 g/mol. The maximum absolute atomic E-state index is 12.3. The minimum absolute atomic E-state index is 0.0767. The first-order valence-electron chi connectivity index (χ1n) is 8.34. The van der Waals surface area contributed by atoms with E-state index in [1.165, 1.54) is 18.2 Å². The number of aryl methyl sites for hydroxylation is 2. The van der Waals surface area contributed by atoms with Gasteiger partial charge < -0.3 is 14.8 Å². The minimum Gasteiger partial charge on any atom is -0.493 e. The summed E-state index contributed by atoms with van der Waals surface area (Å²) in [7, 11) is 0. The zero-order chi connectivity index (χ0) is 18.7. The van der Waals surface area contributed by atoms with Gasteiger partial charge in [-0.05, 0) is 25.5 Å². The van der Waals surface area contributed by atoms with Gasteiger partial charge in [0.1, 0.15) is 11.5 Å². The number of carbonyl (C=O) groups excluding carboxylic acids is 1. The summed E-state index contributed by atoms with van der Waals surface area (Å²) in [6.07, 6.45) is 0.679. The van der Waals surface area contributed by atoms with Gasteiger partial charge in [0.25, 0.3) is 11.6 Å². The Morgan fingerprint density at radius 3 is 2.92 bits per heavy atom. The van der Waals surface area contributed by atoms with E-state index in [4.69, 9.17) is 9.47 Å². The third kappa shape index (κ3) is 3.93. The van der Waals surface area contributed by atoms with Crippen LogP contribution in [0.5, 0.6) is 11.5 Å². The van der Waals surface area contributed by atoms with E-state index in [1.54, 1.807) is 6.07 Å². The summed E-state index contributed by atoms with van der Waals surface area (Å²) in [6, 6.07) is 9.70. The molecule has 1 N–H and O–H groups in total. The highest BCUT2D eigenvalue weighted by molar-refractivity contribution is 5.78. The lowest BCUT2D eigenvalue weighted by Crippen LogP contribution is -2.35. The Labute approximate surface area is 151 Å². The predicted octanol–water partition coefficient (Wildman–Crippen LogP) is 3.23. The third-order valence-corrected chi connectivity index (χ3v) is 4.21. The second-order valence-electron chi connectivity index (χ2n) is 6.30. The molecule has 0 fully saturated rings. The highest BCUT2D eigenvalue weighted by Crippen LogP contribution is 2.35. The van der Waals surface area contributed by atoms with Crippen LogP contribution >= 0.6 is 0 Å². The molecule has 2 aromatic rings. The Kier molecular flexibility index (Phi) is 5.06. The fourth-order valence-electron chi connectivity index (χ4n) is 3.10. The van der Waals surface area contributed by atoms with Crippen molar-refractivity contribution in [1.82, 2.24) is 5.32 Å². The predicted molar refractivity (Wildman–Crippen MR) is 95.5 cm³/mol. The number of nitrogens with one attached hydrogen (secondary N) is 1. The molecule has 1 aliphatic heterocycles. The molecule has 0 saturated heterocycles. The van der Waals surface area contributed by atoms with Gasteiger partial charge in [0.2, 0.25) is 0 Å². The number of hydrogen-bond donors (Lipinski definition) is 1. The van der Waals surface area contributed by atoms with E-state index in [0.29, 0.717) is 13.0 Å². The second-order valence-corrected chi connectivity index (χ2v) is 6.30. The smallest absolute Gasteiger partial charge is 0.273 e. The van der Waals surface area contributed by atoms with Crippen LogP contribution in [0.25, 0.3) is 0 Å². The summed E-state index contributed by atoms with van der Waals surface area (Å²) >= 11 is 0. The van der Waals surface area contributed by atoms with Crippen molar-refractivity contribution in [2.75, 3.05) is 13.2 Å². The number of nitrogens with zero attached hydrogens (tertiary/aromatic N) is 1. The topological polar surface area (TPSA) is 90.7 Å². The van der Waals surface area contributed by atoms with Crippen LogP contribution in [-0.4, -0.2) is 24.0 Å². The van der Waals surface area contributed by atoms with Gasteiger partial charge in [-0.25, -0.2) is 0 Å². The lowest BCUT2D eigenvalue weighted by atomic mass is 9.95. The Balaban J connectivity index is 1.65. The van der Waals surface area contributed by atoms with Crippen LogP contribution in [0.1, 0.15) is 29.2 Å². The molecule has 1 aliphatic rings. The Hall–Kier alpha value is -3.09. The molecule has 2 aromatic carbocycles. The molecule has 1 heterocycles. The SMILES string of the molecule is Cc1cc(C)c2c(c1)C(NC(=O)COc1cccc([N+](=O)[O-])c1)CCO2. The Morgan fingerprint density at radius 1 is 1.35 bits per heavy atom. The number of nitro groups is 1. The maximum atomic E-state index is 12.3. The molecule has 1 amide bonds. The lowest BCUT2D eigenvalue weighted by molar-refractivity contribution is -0.384. The quantitative estimate of drug-likeness (QED) is 0.656. The largest absolute Gasteiger partial charge is 0.493 e.